The molecule has 0 bridgehead atoms. The number of carbonyl (C=O) groups excluding carboxylic acids is 1. The number of phenols is 1. The number of nitrogens with one attached hydrogen (secondary N) is 1. The molecule has 0 unspecified atom stereocenters. The lowest BCUT2D eigenvalue weighted by atomic mass is 10.2. The van der Waals surface area contributed by atoms with Crippen molar-refractivity contribution in [1.29, 1.82) is 0 Å². The fourth-order valence-electron chi connectivity index (χ4n) is 1.27. The fraction of sp³-hybridized carbons (Fsp3) is 0.111. The lowest BCUT2D eigenvalue weighted by Crippen LogP contribution is -2.00. The van der Waals surface area contributed by atoms with Crippen molar-refractivity contribution in [3.05, 3.63) is 24.0 Å². The zero-order chi connectivity index (χ0) is 10.1. The van der Waals surface area contributed by atoms with E-state index in [9.17, 15) is 9.90 Å². The molecule has 14 heavy (non-hydrogen) atoms. The molecule has 1 aromatic carbocycles. The van der Waals surface area contributed by atoms with Gasteiger partial charge in [-0.3, -0.25) is 0 Å². The molecule has 0 aliphatic heterocycles. The van der Waals surface area contributed by atoms with E-state index in [0.717, 1.165) is 0 Å². The van der Waals surface area contributed by atoms with E-state index >= 15 is 0 Å². The van der Waals surface area contributed by atoms with Crippen LogP contribution in [0.15, 0.2) is 18.5 Å². The van der Waals surface area contributed by atoms with Crippen molar-refractivity contribution in [2.45, 2.75) is 0 Å². The Kier molecular flexibility index (Phi) is 1.85. The number of benzene rings is 1. The summed E-state index contributed by atoms with van der Waals surface area (Å²) in [4.78, 5) is 17.9. The van der Waals surface area contributed by atoms with E-state index in [2.05, 4.69) is 14.7 Å². The van der Waals surface area contributed by atoms with Crippen LogP contribution in [-0.2, 0) is 4.74 Å². The summed E-state index contributed by atoms with van der Waals surface area (Å²) in [7, 11) is 1.29. The third-order valence-electron chi connectivity index (χ3n) is 1.92. The topological polar surface area (TPSA) is 75.2 Å². The number of ether oxygens (including phenoxy) is 1. The Morgan fingerprint density at radius 2 is 2.36 bits per heavy atom. The Hall–Kier alpha value is -2.04. The van der Waals surface area contributed by atoms with Crippen LogP contribution in [0.1, 0.15) is 10.4 Å². The molecule has 0 amide bonds. The first-order chi connectivity index (χ1) is 6.72. The Morgan fingerprint density at radius 1 is 1.57 bits per heavy atom. The van der Waals surface area contributed by atoms with Crippen molar-refractivity contribution < 1.29 is 14.6 Å². The van der Waals surface area contributed by atoms with Crippen molar-refractivity contribution >= 4 is 17.0 Å². The van der Waals surface area contributed by atoms with Crippen LogP contribution >= 0.6 is 0 Å². The van der Waals surface area contributed by atoms with Gasteiger partial charge < -0.3 is 14.8 Å². The zero-order valence-corrected chi connectivity index (χ0v) is 7.44. The van der Waals surface area contributed by atoms with Crippen LogP contribution in [0.25, 0.3) is 11.0 Å². The van der Waals surface area contributed by atoms with Gasteiger partial charge in [0, 0.05) is 0 Å². The lowest BCUT2D eigenvalue weighted by molar-refractivity contribution is 0.0600. The molecule has 0 saturated heterocycles. The highest BCUT2D eigenvalue weighted by molar-refractivity contribution is 5.95. The number of methoxy groups -OCH3 is 1. The first-order valence-electron chi connectivity index (χ1n) is 3.97. The van der Waals surface area contributed by atoms with Gasteiger partial charge in [-0.2, -0.15) is 0 Å². The summed E-state index contributed by atoms with van der Waals surface area (Å²) >= 11 is 0. The second-order valence-electron chi connectivity index (χ2n) is 2.79. The number of phenolic OH excluding ortho intramolecular Hbond substituents is 1. The molecule has 2 rings (SSSR count). The molecule has 0 aliphatic carbocycles. The quantitative estimate of drug-likeness (QED) is 0.662. The highest BCUT2D eigenvalue weighted by Crippen LogP contribution is 2.23. The minimum atomic E-state index is -0.489. The van der Waals surface area contributed by atoms with Gasteiger partial charge in [0.15, 0.2) is 0 Å². The van der Waals surface area contributed by atoms with E-state index in [4.69, 9.17) is 0 Å². The number of carbonyl (C=O) groups is 1. The van der Waals surface area contributed by atoms with Crippen molar-refractivity contribution in [2.75, 3.05) is 7.11 Å². The van der Waals surface area contributed by atoms with Crippen molar-refractivity contribution in [1.82, 2.24) is 9.97 Å². The Labute approximate surface area is 79.3 Å². The molecule has 5 heteroatoms. The summed E-state index contributed by atoms with van der Waals surface area (Å²) in [6.45, 7) is 0. The molecule has 72 valence electrons. The lowest BCUT2D eigenvalue weighted by Gasteiger charge is -2.00. The molecule has 2 aromatic rings. The Balaban J connectivity index is 2.64. The predicted molar refractivity (Wildman–Crippen MR) is 49.1 cm³/mol. The van der Waals surface area contributed by atoms with Crippen LogP contribution in [0.3, 0.4) is 0 Å². The minimum Gasteiger partial charge on any atom is -0.506 e. The van der Waals surface area contributed by atoms with Crippen LogP contribution in [0, 0.1) is 0 Å². The van der Waals surface area contributed by atoms with E-state index in [1.807, 2.05) is 0 Å². The normalized spacial score (nSPS) is 10.4. The number of hydrogen-bond acceptors (Lipinski definition) is 4. The third kappa shape index (κ3) is 1.19. The second-order valence-corrected chi connectivity index (χ2v) is 2.79. The smallest absolute Gasteiger partial charge is 0.338 e. The number of esters is 1. The van der Waals surface area contributed by atoms with Gasteiger partial charge in [-0.15, -0.1) is 0 Å². The first kappa shape index (κ1) is 8.55. The van der Waals surface area contributed by atoms with Crippen LogP contribution < -0.4 is 0 Å². The maximum atomic E-state index is 11.2. The van der Waals surface area contributed by atoms with E-state index < -0.39 is 5.97 Å². The van der Waals surface area contributed by atoms with Crippen molar-refractivity contribution in [2.24, 2.45) is 0 Å². The standard InChI is InChI=1S/C9H8N2O3/c1-14-9(13)5-2-6-8(7(12)3-5)11-4-10-6/h2-4,12H,1H3,(H,10,11). The Morgan fingerprint density at radius 3 is 3.07 bits per heavy atom. The van der Waals surface area contributed by atoms with Gasteiger partial charge in [0.2, 0.25) is 0 Å². The third-order valence-corrected chi connectivity index (χ3v) is 1.92. The average molecular weight is 192 g/mol. The number of imidazole rings is 1. The van der Waals surface area contributed by atoms with E-state index in [-0.39, 0.29) is 5.75 Å². The molecule has 0 saturated carbocycles. The number of fused-ring (bicyclic) bond motifs is 1. The number of aromatic hydroxyl groups is 1. The minimum absolute atomic E-state index is 0.0378. The van der Waals surface area contributed by atoms with Gasteiger partial charge in [-0.05, 0) is 12.1 Å². The number of hydrogen-bond donors (Lipinski definition) is 2. The summed E-state index contributed by atoms with van der Waals surface area (Å²) in [6.07, 6.45) is 1.45. The van der Waals surface area contributed by atoms with Crippen LogP contribution in [0.5, 0.6) is 5.75 Å². The first-order valence-corrected chi connectivity index (χ1v) is 3.97. The van der Waals surface area contributed by atoms with Gasteiger partial charge in [-0.25, -0.2) is 9.78 Å². The number of aromatic amines is 1. The number of nitrogens with zero attached hydrogens (tertiary/aromatic N) is 1. The highest BCUT2D eigenvalue weighted by Gasteiger charge is 2.10. The zero-order valence-electron chi connectivity index (χ0n) is 7.44. The fourth-order valence-corrected chi connectivity index (χ4v) is 1.27. The van der Waals surface area contributed by atoms with Gasteiger partial charge in [0.1, 0.15) is 11.3 Å². The van der Waals surface area contributed by atoms with E-state index in [1.54, 1.807) is 6.07 Å². The average Bonchev–Trinajstić information content (AvgIpc) is 2.64. The van der Waals surface area contributed by atoms with Crippen LogP contribution in [0.2, 0.25) is 0 Å². The van der Waals surface area contributed by atoms with E-state index in [0.29, 0.717) is 16.6 Å². The summed E-state index contributed by atoms with van der Waals surface area (Å²) in [5.41, 5.74) is 1.34. The summed E-state index contributed by atoms with van der Waals surface area (Å²) in [6, 6.07) is 2.91. The summed E-state index contributed by atoms with van der Waals surface area (Å²) in [5, 5.41) is 9.50. The molecule has 2 N–H and O–H groups in total. The molecular weight excluding hydrogens is 184 g/mol. The maximum Gasteiger partial charge on any atom is 0.338 e. The summed E-state index contributed by atoms with van der Waals surface area (Å²) in [5.74, 6) is -0.527. The molecule has 0 aliphatic rings. The molecule has 0 radical (unpaired) electrons. The number of H-pyrrole nitrogens is 1. The molecule has 5 nitrogen and oxygen atoms in total. The maximum absolute atomic E-state index is 11.2. The SMILES string of the molecule is COC(=O)c1cc(O)c2nc[nH]c2c1. The highest BCUT2D eigenvalue weighted by atomic mass is 16.5. The molecule has 1 heterocycles. The summed E-state index contributed by atoms with van der Waals surface area (Å²) < 4.78 is 4.53. The van der Waals surface area contributed by atoms with Gasteiger partial charge in [0.25, 0.3) is 0 Å². The van der Waals surface area contributed by atoms with Gasteiger partial charge in [0.05, 0.1) is 24.5 Å². The molecule has 0 spiro atoms. The second kappa shape index (κ2) is 3.02. The van der Waals surface area contributed by atoms with Crippen molar-refractivity contribution in [3.8, 4) is 5.75 Å². The molecular formula is C9H8N2O3. The predicted octanol–water partition coefficient (Wildman–Crippen LogP) is 1.06. The van der Waals surface area contributed by atoms with Crippen LogP contribution in [0.4, 0.5) is 0 Å². The Bertz CT molecular complexity index is 490. The van der Waals surface area contributed by atoms with Crippen LogP contribution in [-0.4, -0.2) is 28.2 Å². The number of aromatic nitrogens is 2. The molecule has 0 fully saturated rings. The van der Waals surface area contributed by atoms with E-state index in [1.165, 1.54) is 19.5 Å². The monoisotopic (exact) mass is 192 g/mol. The van der Waals surface area contributed by atoms with Crippen molar-refractivity contribution in [3.63, 3.8) is 0 Å². The largest absolute Gasteiger partial charge is 0.506 e. The van der Waals surface area contributed by atoms with Gasteiger partial charge in [-0.1, -0.05) is 0 Å². The molecule has 0 atom stereocenters. The number of rotatable bonds is 1. The van der Waals surface area contributed by atoms with Gasteiger partial charge >= 0.3 is 5.97 Å². The molecule has 1 aromatic heterocycles.